The molecule has 106 valence electrons. The van der Waals surface area contributed by atoms with Gasteiger partial charge in [0, 0.05) is 0 Å². The van der Waals surface area contributed by atoms with Crippen LogP contribution in [0, 0.1) is 5.82 Å². The van der Waals surface area contributed by atoms with E-state index < -0.39 is 0 Å². The summed E-state index contributed by atoms with van der Waals surface area (Å²) in [5.41, 5.74) is 2.50. The molecule has 0 spiro atoms. The quantitative estimate of drug-likeness (QED) is 0.537. The zero-order valence-corrected chi connectivity index (χ0v) is 12.1. The Kier molecular flexibility index (Phi) is 4.30. The van der Waals surface area contributed by atoms with Crippen LogP contribution in [0.15, 0.2) is 66.7 Å². The molecular weight excluding hydrogens is 259 g/mol. The van der Waals surface area contributed by atoms with Crippen LogP contribution in [0.25, 0.3) is 10.8 Å². The summed E-state index contributed by atoms with van der Waals surface area (Å²) in [4.78, 5) is 0. The van der Waals surface area contributed by atoms with Crippen molar-refractivity contribution >= 4 is 10.8 Å². The Hall–Kier alpha value is -2.15. The molecule has 0 aliphatic carbocycles. The van der Waals surface area contributed by atoms with Crippen molar-refractivity contribution in [3.63, 3.8) is 0 Å². The average molecular weight is 278 g/mol. The predicted molar refractivity (Wildman–Crippen MR) is 87.0 cm³/mol. The molecule has 3 aromatic carbocycles. The van der Waals surface area contributed by atoms with Crippen molar-refractivity contribution in [2.75, 3.05) is 0 Å². The molecule has 0 unspecified atom stereocenters. The lowest BCUT2D eigenvalue weighted by molar-refractivity contribution is 0.623. The molecule has 3 aromatic rings. The van der Waals surface area contributed by atoms with Crippen molar-refractivity contribution in [3.05, 3.63) is 83.7 Å². The van der Waals surface area contributed by atoms with E-state index >= 15 is 0 Å². The minimum absolute atomic E-state index is 0.137. The van der Waals surface area contributed by atoms with Crippen LogP contribution in [0.4, 0.5) is 4.39 Å². The number of aryl methyl sites for hydroxylation is 2. The molecule has 0 aromatic heterocycles. The van der Waals surface area contributed by atoms with Crippen LogP contribution in [0.1, 0.15) is 24.0 Å². The smallest absolute Gasteiger partial charge is 0.123 e. The highest BCUT2D eigenvalue weighted by atomic mass is 19.1. The summed E-state index contributed by atoms with van der Waals surface area (Å²) >= 11 is 0. The monoisotopic (exact) mass is 278 g/mol. The van der Waals surface area contributed by atoms with Crippen molar-refractivity contribution in [3.8, 4) is 0 Å². The number of halogens is 1. The standard InChI is InChI=1S/C20H19F/c21-19-13-5-8-16(15-19)7-1-2-9-17-11-6-12-18-10-3-4-14-20(17)18/h3-6,8,10-15H,1-2,7,9H2. The van der Waals surface area contributed by atoms with Crippen molar-refractivity contribution in [2.24, 2.45) is 0 Å². The second-order valence-electron chi connectivity index (χ2n) is 5.48. The molecule has 0 fully saturated rings. The molecule has 0 nitrogen and oxygen atoms in total. The van der Waals surface area contributed by atoms with Crippen LogP contribution in [0.2, 0.25) is 0 Å². The molecule has 21 heavy (non-hydrogen) atoms. The summed E-state index contributed by atoms with van der Waals surface area (Å²) in [7, 11) is 0. The predicted octanol–water partition coefficient (Wildman–Crippen LogP) is 5.54. The summed E-state index contributed by atoms with van der Waals surface area (Å²) in [6.07, 6.45) is 4.25. The summed E-state index contributed by atoms with van der Waals surface area (Å²) in [6, 6.07) is 22.0. The summed E-state index contributed by atoms with van der Waals surface area (Å²) in [5.74, 6) is -0.137. The first-order chi connectivity index (χ1) is 10.3. The number of hydrogen-bond donors (Lipinski definition) is 0. The Labute approximate surface area is 125 Å². The molecule has 0 saturated heterocycles. The fraction of sp³-hybridized carbons (Fsp3) is 0.200. The molecular formula is C20H19F. The Morgan fingerprint density at radius 2 is 1.48 bits per heavy atom. The van der Waals surface area contributed by atoms with Gasteiger partial charge in [0.05, 0.1) is 0 Å². The third-order valence-electron chi connectivity index (χ3n) is 3.93. The minimum atomic E-state index is -0.137. The van der Waals surface area contributed by atoms with E-state index in [9.17, 15) is 4.39 Å². The van der Waals surface area contributed by atoms with Gasteiger partial charge >= 0.3 is 0 Å². The zero-order valence-electron chi connectivity index (χ0n) is 12.1. The third-order valence-corrected chi connectivity index (χ3v) is 3.93. The van der Waals surface area contributed by atoms with Gasteiger partial charge in [0.1, 0.15) is 5.82 Å². The first-order valence-corrected chi connectivity index (χ1v) is 7.54. The second kappa shape index (κ2) is 6.53. The van der Waals surface area contributed by atoms with Crippen molar-refractivity contribution in [1.82, 2.24) is 0 Å². The molecule has 0 aliphatic heterocycles. The van der Waals surface area contributed by atoms with Crippen molar-refractivity contribution < 1.29 is 4.39 Å². The lowest BCUT2D eigenvalue weighted by Gasteiger charge is -2.07. The van der Waals surface area contributed by atoms with E-state index in [4.69, 9.17) is 0 Å². The van der Waals surface area contributed by atoms with Gasteiger partial charge in [-0.3, -0.25) is 0 Å². The lowest BCUT2D eigenvalue weighted by atomic mass is 9.99. The molecule has 0 amide bonds. The summed E-state index contributed by atoms with van der Waals surface area (Å²) in [5, 5.41) is 2.66. The highest BCUT2D eigenvalue weighted by Gasteiger charge is 2.01. The average Bonchev–Trinajstić information content (AvgIpc) is 2.52. The van der Waals surface area contributed by atoms with E-state index in [0.29, 0.717) is 0 Å². The van der Waals surface area contributed by atoms with Crippen molar-refractivity contribution in [1.29, 1.82) is 0 Å². The fourth-order valence-electron chi connectivity index (χ4n) is 2.85. The third kappa shape index (κ3) is 3.49. The molecule has 0 N–H and O–H groups in total. The normalized spacial score (nSPS) is 10.9. The Bertz CT molecular complexity index is 725. The molecule has 0 saturated carbocycles. The van der Waals surface area contributed by atoms with E-state index in [2.05, 4.69) is 42.5 Å². The van der Waals surface area contributed by atoms with E-state index in [1.807, 2.05) is 6.07 Å². The first-order valence-electron chi connectivity index (χ1n) is 7.54. The maximum Gasteiger partial charge on any atom is 0.123 e. The van der Waals surface area contributed by atoms with Crippen LogP contribution in [-0.2, 0) is 12.8 Å². The first kappa shape index (κ1) is 13.8. The molecule has 3 rings (SSSR count). The van der Waals surface area contributed by atoms with Crippen LogP contribution in [0.3, 0.4) is 0 Å². The van der Waals surface area contributed by atoms with Crippen molar-refractivity contribution in [2.45, 2.75) is 25.7 Å². The second-order valence-corrected chi connectivity index (χ2v) is 5.48. The fourth-order valence-corrected chi connectivity index (χ4v) is 2.85. The van der Waals surface area contributed by atoms with Crippen LogP contribution in [0.5, 0.6) is 0 Å². The molecule has 0 atom stereocenters. The van der Waals surface area contributed by atoms with Gasteiger partial charge in [-0.15, -0.1) is 0 Å². The maximum atomic E-state index is 13.1. The van der Waals surface area contributed by atoms with Crippen LogP contribution >= 0.6 is 0 Å². The Morgan fingerprint density at radius 3 is 2.38 bits per heavy atom. The number of hydrogen-bond acceptors (Lipinski definition) is 0. The lowest BCUT2D eigenvalue weighted by Crippen LogP contribution is -1.91. The molecule has 1 heteroatoms. The van der Waals surface area contributed by atoms with Crippen LogP contribution < -0.4 is 0 Å². The van der Waals surface area contributed by atoms with E-state index in [1.54, 1.807) is 12.1 Å². The molecule has 0 aliphatic rings. The van der Waals surface area contributed by atoms with Gasteiger partial charge in [0.2, 0.25) is 0 Å². The topological polar surface area (TPSA) is 0 Å². The van der Waals surface area contributed by atoms with Gasteiger partial charge in [-0.1, -0.05) is 54.6 Å². The molecule has 0 radical (unpaired) electrons. The maximum absolute atomic E-state index is 13.1. The van der Waals surface area contributed by atoms with Crippen LogP contribution in [-0.4, -0.2) is 0 Å². The Morgan fingerprint density at radius 1 is 0.714 bits per heavy atom. The highest BCUT2D eigenvalue weighted by molar-refractivity contribution is 5.85. The van der Waals surface area contributed by atoms with Gasteiger partial charge in [-0.2, -0.15) is 0 Å². The number of benzene rings is 3. The molecule has 0 bridgehead atoms. The van der Waals surface area contributed by atoms with Gasteiger partial charge in [-0.25, -0.2) is 4.39 Å². The zero-order chi connectivity index (χ0) is 14.5. The van der Waals surface area contributed by atoms with Gasteiger partial charge < -0.3 is 0 Å². The van der Waals surface area contributed by atoms with E-state index in [0.717, 1.165) is 31.2 Å². The SMILES string of the molecule is Fc1cccc(CCCCc2cccc3ccccc23)c1. The summed E-state index contributed by atoms with van der Waals surface area (Å²) < 4.78 is 13.1. The highest BCUT2D eigenvalue weighted by Crippen LogP contribution is 2.20. The van der Waals surface area contributed by atoms with Gasteiger partial charge in [-0.05, 0) is 59.7 Å². The minimum Gasteiger partial charge on any atom is -0.207 e. The Balaban J connectivity index is 1.60. The van der Waals surface area contributed by atoms with E-state index in [-0.39, 0.29) is 5.82 Å². The largest absolute Gasteiger partial charge is 0.207 e. The van der Waals surface area contributed by atoms with Gasteiger partial charge in [0.15, 0.2) is 0 Å². The number of fused-ring (bicyclic) bond motifs is 1. The molecule has 0 heterocycles. The number of rotatable bonds is 5. The van der Waals surface area contributed by atoms with Gasteiger partial charge in [0.25, 0.3) is 0 Å². The van der Waals surface area contributed by atoms with E-state index in [1.165, 1.54) is 22.4 Å². The summed E-state index contributed by atoms with van der Waals surface area (Å²) in [6.45, 7) is 0. The number of unbranched alkanes of at least 4 members (excludes halogenated alkanes) is 1.